The van der Waals surface area contributed by atoms with Gasteiger partial charge >= 0.3 is 11.9 Å². The Morgan fingerprint density at radius 3 is 1.61 bits per heavy atom. The molecule has 1 heterocycles. The van der Waals surface area contributed by atoms with E-state index in [9.17, 15) is 58.8 Å². The number of hydrogen-bond acceptors (Lipinski definition) is 12. The third kappa shape index (κ3) is 14.3. The maximum atomic E-state index is 13.3. The third-order valence-corrected chi connectivity index (χ3v) is 9.02. The zero-order valence-corrected chi connectivity index (χ0v) is 30.3. The number of aliphatic hydroxyl groups excluding tert-OH is 2. The van der Waals surface area contributed by atoms with E-state index in [1.165, 1.54) is 0 Å². The summed E-state index contributed by atoms with van der Waals surface area (Å²) in [5.74, 6) is -9.61. The third-order valence-electron chi connectivity index (χ3n) is 8.65. The van der Waals surface area contributed by atoms with Gasteiger partial charge in [-0.3, -0.25) is 33.6 Å². The normalized spacial score (nSPS) is 19.3. The molecule has 0 radical (unpaired) electrons. The number of thiol groups is 1. The first-order valence-corrected chi connectivity index (χ1v) is 17.4. The van der Waals surface area contributed by atoms with Gasteiger partial charge in [-0.15, -0.1) is 0 Å². The fourth-order valence-corrected chi connectivity index (χ4v) is 5.28. The minimum Gasteiger partial charge on any atom is -0.481 e. The Balaban J connectivity index is 3.14. The fourth-order valence-electron chi connectivity index (χ4n) is 5.03. The van der Waals surface area contributed by atoms with Gasteiger partial charge in [0.05, 0.1) is 25.2 Å². The molecular weight excluding hydrogens is 694 g/mol. The topological polar surface area (TPSA) is 302 Å². The standard InChI is InChI=1S/C31H53N7O12S/c1-6-14(3)22(36-25(43)17-9-8-10-32-17)28(46)33-18(11-21(41)42)26(44)38-24(16(5)40)30(48)35-20(13-51)27(45)37-23(15(4)7-2)29(47)34-19(12-39)31(49)50/h14-20,22-24,32,39-40,51H,6-13H2,1-5H3,(H,33,46)(H,34,47)(H,35,48)(H,36,43)(H,37,45)(H,38,44)(H,41,42)(H,49,50). The van der Waals surface area contributed by atoms with E-state index in [0.29, 0.717) is 25.8 Å². The van der Waals surface area contributed by atoms with Gasteiger partial charge < -0.3 is 57.6 Å². The van der Waals surface area contributed by atoms with Gasteiger partial charge in [0.25, 0.3) is 0 Å². The van der Waals surface area contributed by atoms with E-state index < -0.39 is 121 Å². The second kappa shape index (κ2) is 22.0. The Kier molecular flexibility index (Phi) is 19.5. The molecule has 0 bridgehead atoms. The molecule has 1 rings (SSSR count). The molecule has 1 aliphatic heterocycles. The number of carbonyl (C=O) groups is 8. The predicted octanol–water partition coefficient (Wildman–Crippen LogP) is -3.40. The highest BCUT2D eigenvalue weighted by Crippen LogP contribution is 2.13. The number of aliphatic hydroxyl groups is 2. The molecule has 20 heteroatoms. The van der Waals surface area contributed by atoms with Gasteiger partial charge in [-0.25, -0.2) is 4.79 Å². The van der Waals surface area contributed by atoms with Gasteiger partial charge in [0.15, 0.2) is 0 Å². The van der Waals surface area contributed by atoms with Gasteiger partial charge in [0.1, 0.15) is 36.3 Å². The van der Waals surface area contributed by atoms with Crippen LogP contribution in [0.1, 0.15) is 66.7 Å². The van der Waals surface area contributed by atoms with Crippen molar-refractivity contribution >= 4 is 60.0 Å². The van der Waals surface area contributed by atoms with Crippen LogP contribution in [0.5, 0.6) is 0 Å². The van der Waals surface area contributed by atoms with Crippen molar-refractivity contribution in [2.45, 2.75) is 115 Å². The Labute approximate surface area is 301 Å². The Bertz CT molecular complexity index is 1250. The van der Waals surface area contributed by atoms with E-state index in [4.69, 9.17) is 0 Å². The zero-order chi connectivity index (χ0) is 39.0. The lowest BCUT2D eigenvalue weighted by Crippen LogP contribution is -2.62. The fraction of sp³-hybridized carbons (Fsp3) is 0.742. The van der Waals surface area contributed by atoms with E-state index >= 15 is 0 Å². The molecule has 11 N–H and O–H groups in total. The largest absolute Gasteiger partial charge is 0.481 e. The van der Waals surface area contributed by atoms with Crippen LogP contribution >= 0.6 is 12.6 Å². The molecule has 1 saturated heterocycles. The van der Waals surface area contributed by atoms with E-state index in [1.54, 1.807) is 27.7 Å². The van der Waals surface area contributed by atoms with E-state index in [-0.39, 0.29) is 5.75 Å². The van der Waals surface area contributed by atoms with Crippen LogP contribution in [0.3, 0.4) is 0 Å². The van der Waals surface area contributed by atoms with Gasteiger partial charge in [-0.2, -0.15) is 12.6 Å². The molecule has 0 aromatic rings. The number of carbonyl (C=O) groups excluding carboxylic acids is 6. The van der Waals surface area contributed by atoms with Gasteiger partial charge in [-0.1, -0.05) is 40.5 Å². The first-order valence-electron chi connectivity index (χ1n) is 16.8. The molecule has 51 heavy (non-hydrogen) atoms. The van der Waals surface area contributed by atoms with Crippen molar-refractivity contribution in [3.05, 3.63) is 0 Å². The van der Waals surface area contributed by atoms with Gasteiger partial charge in [0, 0.05) is 5.75 Å². The number of rotatable bonds is 22. The summed E-state index contributed by atoms with van der Waals surface area (Å²) in [6.07, 6.45) is -0.377. The number of carboxylic acids is 2. The molecule has 0 spiro atoms. The van der Waals surface area contributed by atoms with Crippen molar-refractivity contribution in [3.63, 3.8) is 0 Å². The van der Waals surface area contributed by atoms with Crippen LogP contribution in [0.4, 0.5) is 0 Å². The van der Waals surface area contributed by atoms with Crippen molar-refractivity contribution in [3.8, 4) is 0 Å². The highest BCUT2D eigenvalue weighted by atomic mass is 32.1. The molecule has 6 amide bonds. The van der Waals surface area contributed by atoms with Crippen molar-refractivity contribution in [1.29, 1.82) is 0 Å². The number of nitrogens with one attached hydrogen (secondary N) is 7. The number of hydrogen-bond donors (Lipinski definition) is 12. The van der Waals surface area contributed by atoms with Crippen molar-refractivity contribution in [2.75, 3.05) is 18.9 Å². The quantitative estimate of drug-likeness (QED) is 0.0482. The lowest BCUT2D eigenvalue weighted by molar-refractivity contribution is -0.144. The molecule has 0 aliphatic carbocycles. The first kappa shape index (κ1) is 45.0. The average Bonchev–Trinajstić information content (AvgIpc) is 3.63. The second-order valence-corrected chi connectivity index (χ2v) is 13.0. The lowest BCUT2D eigenvalue weighted by Gasteiger charge is -2.29. The predicted molar refractivity (Wildman–Crippen MR) is 184 cm³/mol. The first-order chi connectivity index (χ1) is 23.9. The summed E-state index contributed by atoms with van der Waals surface area (Å²) in [7, 11) is 0. The smallest absolute Gasteiger partial charge is 0.328 e. The molecule has 1 aliphatic rings. The molecule has 10 atom stereocenters. The monoisotopic (exact) mass is 747 g/mol. The highest BCUT2D eigenvalue weighted by Gasteiger charge is 2.37. The zero-order valence-electron chi connectivity index (χ0n) is 29.4. The molecule has 0 aromatic carbocycles. The van der Waals surface area contributed by atoms with Crippen LogP contribution < -0.4 is 37.2 Å². The molecule has 1 fully saturated rings. The molecule has 0 saturated carbocycles. The minimum absolute atomic E-state index is 0.335. The van der Waals surface area contributed by atoms with Crippen LogP contribution in [0, 0.1) is 11.8 Å². The lowest BCUT2D eigenvalue weighted by atomic mass is 9.97. The molecular formula is C31H53N7O12S. The minimum atomic E-state index is -1.77. The number of aliphatic carboxylic acids is 2. The van der Waals surface area contributed by atoms with Gasteiger partial charge in [-0.05, 0) is 38.1 Å². The summed E-state index contributed by atoms with van der Waals surface area (Å²) in [6, 6.07) is -9.53. The molecule has 10 unspecified atom stereocenters. The van der Waals surface area contributed by atoms with Crippen LogP contribution in [0.25, 0.3) is 0 Å². The van der Waals surface area contributed by atoms with Crippen LogP contribution in [0.2, 0.25) is 0 Å². The Morgan fingerprint density at radius 2 is 1.18 bits per heavy atom. The molecule has 0 aromatic heterocycles. The molecule has 19 nitrogen and oxygen atoms in total. The van der Waals surface area contributed by atoms with E-state index in [1.807, 2.05) is 0 Å². The summed E-state index contributed by atoms with van der Waals surface area (Å²) in [5.41, 5.74) is 0. The van der Waals surface area contributed by atoms with Crippen molar-refractivity contribution in [1.82, 2.24) is 37.2 Å². The van der Waals surface area contributed by atoms with E-state index in [2.05, 4.69) is 49.8 Å². The van der Waals surface area contributed by atoms with Gasteiger partial charge in [0.2, 0.25) is 35.4 Å². The SMILES string of the molecule is CCC(C)C(NC(=O)C(CS)NC(=O)C(NC(=O)C(CC(=O)O)NC(=O)C(NC(=O)C1CCCN1)C(C)CC)C(C)O)C(=O)NC(CO)C(=O)O. The maximum Gasteiger partial charge on any atom is 0.328 e. The Morgan fingerprint density at radius 1 is 0.706 bits per heavy atom. The number of carboxylic acid groups (broad SMARTS) is 2. The van der Waals surface area contributed by atoms with E-state index in [0.717, 1.165) is 13.3 Å². The van der Waals surface area contributed by atoms with Crippen molar-refractivity contribution < 1.29 is 58.8 Å². The average molecular weight is 748 g/mol. The summed E-state index contributed by atoms with van der Waals surface area (Å²) < 4.78 is 0. The summed E-state index contributed by atoms with van der Waals surface area (Å²) in [4.78, 5) is 102. The summed E-state index contributed by atoms with van der Waals surface area (Å²) in [5, 5.41) is 55.4. The van der Waals surface area contributed by atoms with Crippen LogP contribution in [-0.4, -0.2) is 135 Å². The summed E-state index contributed by atoms with van der Waals surface area (Å²) >= 11 is 4.09. The van der Waals surface area contributed by atoms with Crippen molar-refractivity contribution in [2.24, 2.45) is 11.8 Å². The number of amides is 6. The Hall–Kier alpha value is -4.01. The molecule has 290 valence electrons. The highest BCUT2D eigenvalue weighted by molar-refractivity contribution is 7.80. The summed E-state index contributed by atoms with van der Waals surface area (Å²) in [6.45, 7) is 7.65. The van der Waals surface area contributed by atoms with Crippen LogP contribution in [0.15, 0.2) is 0 Å². The second-order valence-electron chi connectivity index (χ2n) is 12.6. The van der Waals surface area contributed by atoms with Crippen LogP contribution in [-0.2, 0) is 38.4 Å². The maximum absolute atomic E-state index is 13.3.